The first-order valence-electron chi connectivity index (χ1n) is 9.07. The largest absolute Gasteiger partial charge is 0.494 e. The van der Waals surface area contributed by atoms with Gasteiger partial charge in [0, 0.05) is 5.57 Å². The van der Waals surface area contributed by atoms with Crippen molar-refractivity contribution in [2.24, 2.45) is 0 Å². The molecule has 0 N–H and O–H groups in total. The molecule has 0 atom stereocenters. The van der Waals surface area contributed by atoms with Crippen molar-refractivity contribution in [1.29, 1.82) is 0 Å². The lowest BCUT2D eigenvalue weighted by molar-refractivity contribution is -0.139. The Hall–Kier alpha value is -3.55. The van der Waals surface area contributed by atoms with Gasteiger partial charge in [0.25, 0.3) is 6.47 Å². The van der Waals surface area contributed by atoms with E-state index >= 15 is 0 Å². The molecule has 2 rings (SSSR count). The number of ether oxygens (including phenoxy) is 5. The zero-order chi connectivity index (χ0) is 21.9. The number of rotatable bonds is 12. The average molecular weight is 418 g/mol. The highest BCUT2D eigenvalue weighted by molar-refractivity contribution is 5.86. The Morgan fingerprint density at radius 1 is 0.967 bits per heavy atom. The first-order chi connectivity index (χ1) is 14.5. The van der Waals surface area contributed by atoms with Gasteiger partial charge in [-0.25, -0.2) is 9.18 Å². The summed E-state index contributed by atoms with van der Waals surface area (Å²) in [5.74, 6) is -0.0987. The molecule has 0 aliphatic carbocycles. The number of methoxy groups -OCH3 is 1. The van der Waals surface area contributed by atoms with Gasteiger partial charge < -0.3 is 23.7 Å². The molecule has 30 heavy (non-hydrogen) atoms. The Morgan fingerprint density at radius 3 is 2.23 bits per heavy atom. The van der Waals surface area contributed by atoms with Crippen molar-refractivity contribution in [2.75, 3.05) is 33.5 Å². The first kappa shape index (κ1) is 22.7. The Bertz CT molecular complexity index is 895. The van der Waals surface area contributed by atoms with E-state index in [0.717, 1.165) is 0 Å². The normalized spacial score (nSPS) is 10.1. The van der Waals surface area contributed by atoms with Crippen LogP contribution in [0.5, 0.6) is 17.2 Å². The molecule has 0 amide bonds. The fraction of sp³-hybridized carbons (Fsp3) is 0.273. The summed E-state index contributed by atoms with van der Waals surface area (Å²) in [5.41, 5.74) is 1.59. The van der Waals surface area contributed by atoms with Crippen LogP contribution < -0.4 is 14.2 Å². The molecule has 0 saturated heterocycles. The maximum atomic E-state index is 14.1. The third-order valence-electron chi connectivity index (χ3n) is 3.88. The van der Waals surface area contributed by atoms with Crippen LogP contribution in [0.4, 0.5) is 4.39 Å². The minimum Gasteiger partial charge on any atom is -0.494 e. The smallest absolute Gasteiger partial charge is 0.333 e. The van der Waals surface area contributed by atoms with Gasteiger partial charge in [0.2, 0.25) is 0 Å². The van der Waals surface area contributed by atoms with Crippen LogP contribution in [0.3, 0.4) is 0 Å². The second kappa shape index (κ2) is 11.5. The molecular formula is C22H23FO7. The van der Waals surface area contributed by atoms with Crippen LogP contribution in [0.2, 0.25) is 0 Å². The van der Waals surface area contributed by atoms with Gasteiger partial charge >= 0.3 is 5.97 Å². The van der Waals surface area contributed by atoms with Gasteiger partial charge in [0.15, 0.2) is 23.1 Å². The van der Waals surface area contributed by atoms with Gasteiger partial charge in [-0.2, -0.15) is 0 Å². The topological polar surface area (TPSA) is 80.3 Å². The minimum absolute atomic E-state index is 0.0147. The Morgan fingerprint density at radius 2 is 1.60 bits per heavy atom. The van der Waals surface area contributed by atoms with Crippen molar-refractivity contribution in [2.45, 2.75) is 6.92 Å². The Labute approximate surface area is 174 Å². The van der Waals surface area contributed by atoms with Gasteiger partial charge in [0.05, 0.1) is 7.11 Å². The molecule has 0 heterocycles. The highest BCUT2D eigenvalue weighted by Gasteiger charge is 2.11. The zero-order valence-corrected chi connectivity index (χ0v) is 16.8. The van der Waals surface area contributed by atoms with Crippen molar-refractivity contribution < 1.29 is 37.7 Å². The van der Waals surface area contributed by atoms with E-state index in [1.54, 1.807) is 31.2 Å². The molecule has 2 aromatic rings. The molecule has 0 saturated carbocycles. The fourth-order valence-electron chi connectivity index (χ4n) is 2.42. The van der Waals surface area contributed by atoms with Gasteiger partial charge in [0.1, 0.15) is 26.4 Å². The Balaban J connectivity index is 2.17. The number of hydrogen-bond acceptors (Lipinski definition) is 7. The Kier molecular flexibility index (Phi) is 8.68. The SMILES string of the molecule is C=C(C)C(=O)OCCOc1cc(-c2ccc(OC)c(F)c2)ccc1OCCOC=O. The van der Waals surface area contributed by atoms with Crippen molar-refractivity contribution >= 4 is 12.4 Å². The van der Waals surface area contributed by atoms with E-state index in [-0.39, 0.29) is 37.8 Å². The van der Waals surface area contributed by atoms with Gasteiger partial charge in [-0.05, 0) is 42.3 Å². The number of hydrogen-bond donors (Lipinski definition) is 0. The van der Waals surface area contributed by atoms with Crippen LogP contribution in [0.25, 0.3) is 11.1 Å². The molecule has 0 unspecified atom stereocenters. The summed E-state index contributed by atoms with van der Waals surface area (Å²) < 4.78 is 39.9. The summed E-state index contributed by atoms with van der Waals surface area (Å²) in [6, 6.07) is 9.68. The molecule has 0 bridgehead atoms. The summed E-state index contributed by atoms with van der Waals surface area (Å²) in [4.78, 5) is 21.7. The van der Waals surface area contributed by atoms with E-state index in [4.69, 9.17) is 18.9 Å². The maximum Gasteiger partial charge on any atom is 0.333 e. The second-order valence-corrected chi connectivity index (χ2v) is 6.09. The summed E-state index contributed by atoms with van der Waals surface area (Å²) in [6.45, 7) is 5.67. The van der Waals surface area contributed by atoms with Crippen LogP contribution in [0.1, 0.15) is 6.92 Å². The molecule has 7 nitrogen and oxygen atoms in total. The van der Waals surface area contributed by atoms with Crippen molar-refractivity contribution in [3.8, 4) is 28.4 Å². The number of carbonyl (C=O) groups is 2. The molecule has 2 aromatic carbocycles. The molecule has 8 heteroatoms. The molecule has 0 spiro atoms. The molecule has 0 aromatic heterocycles. The van der Waals surface area contributed by atoms with Gasteiger partial charge in [-0.3, -0.25) is 4.79 Å². The number of benzene rings is 2. The maximum absolute atomic E-state index is 14.1. The molecular weight excluding hydrogens is 395 g/mol. The molecule has 0 fully saturated rings. The van der Waals surface area contributed by atoms with Crippen molar-refractivity contribution in [1.82, 2.24) is 0 Å². The summed E-state index contributed by atoms with van der Waals surface area (Å²) in [5, 5.41) is 0. The summed E-state index contributed by atoms with van der Waals surface area (Å²) >= 11 is 0. The third-order valence-corrected chi connectivity index (χ3v) is 3.88. The monoisotopic (exact) mass is 418 g/mol. The number of esters is 1. The standard InChI is InChI=1S/C22H23FO7/c1-15(2)22(25)30-11-10-29-21-13-17(5-7-20(21)28-9-8-27-14-24)16-4-6-19(26-3)18(23)12-16/h4-7,12-14H,1,8-11H2,2-3H3. The lowest BCUT2D eigenvalue weighted by atomic mass is 10.0. The molecule has 160 valence electrons. The molecule has 0 aliphatic heterocycles. The zero-order valence-electron chi connectivity index (χ0n) is 16.8. The van der Waals surface area contributed by atoms with Crippen LogP contribution in [0.15, 0.2) is 48.6 Å². The molecule has 0 radical (unpaired) electrons. The van der Waals surface area contributed by atoms with Gasteiger partial charge in [-0.15, -0.1) is 0 Å². The van der Waals surface area contributed by atoms with E-state index < -0.39 is 11.8 Å². The van der Waals surface area contributed by atoms with Crippen LogP contribution >= 0.6 is 0 Å². The first-order valence-corrected chi connectivity index (χ1v) is 9.07. The van der Waals surface area contributed by atoms with Crippen molar-refractivity contribution in [3.63, 3.8) is 0 Å². The highest BCUT2D eigenvalue weighted by atomic mass is 19.1. The van der Waals surface area contributed by atoms with Crippen LogP contribution in [-0.2, 0) is 19.1 Å². The average Bonchev–Trinajstić information content (AvgIpc) is 2.74. The minimum atomic E-state index is -0.511. The van der Waals surface area contributed by atoms with E-state index in [1.165, 1.54) is 19.2 Å². The highest BCUT2D eigenvalue weighted by Crippen LogP contribution is 2.34. The number of carbonyl (C=O) groups excluding carboxylic acids is 2. The summed E-state index contributed by atoms with van der Waals surface area (Å²) in [6.07, 6.45) is 0. The third kappa shape index (κ3) is 6.51. The van der Waals surface area contributed by atoms with Gasteiger partial charge in [-0.1, -0.05) is 18.7 Å². The lowest BCUT2D eigenvalue weighted by Gasteiger charge is -2.15. The van der Waals surface area contributed by atoms with E-state index in [9.17, 15) is 14.0 Å². The van der Waals surface area contributed by atoms with Crippen molar-refractivity contribution in [3.05, 3.63) is 54.4 Å². The van der Waals surface area contributed by atoms with E-state index in [0.29, 0.717) is 29.1 Å². The lowest BCUT2D eigenvalue weighted by Crippen LogP contribution is -2.13. The number of halogens is 1. The second-order valence-electron chi connectivity index (χ2n) is 6.09. The van der Waals surface area contributed by atoms with E-state index in [1.807, 2.05) is 0 Å². The quantitative estimate of drug-likeness (QED) is 0.226. The van der Waals surface area contributed by atoms with E-state index in [2.05, 4.69) is 11.3 Å². The van der Waals surface area contributed by atoms with Crippen LogP contribution in [-0.4, -0.2) is 46.0 Å². The molecule has 0 aliphatic rings. The predicted octanol–water partition coefficient (Wildman–Crippen LogP) is 3.55. The summed E-state index contributed by atoms with van der Waals surface area (Å²) in [7, 11) is 1.39. The fourth-order valence-corrected chi connectivity index (χ4v) is 2.42. The predicted molar refractivity (Wildman–Crippen MR) is 107 cm³/mol. The van der Waals surface area contributed by atoms with Crippen LogP contribution in [0, 0.1) is 5.82 Å².